The topological polar surface area (TPSA) is 96.4 Å². The molecule has 4 aliphatic rings. The number of likely N-dealkylation sites (tertiary alicyclic amines) is 1. The van der Waals surface area contributed by atoms with E-state index in [1.54, 1.807) is 21.3 Å². The maximum Gasteiger partial charge on any atom is 0.410 e. The number of piperidine rings is 1. The van der Waals surface area contributed by atoms with E-state index >= 15 is 0 Å². The molecule has 10 heteroatoms. The highest BCUT2D eigenvalue weighted by atomic mass is 35.5. The van der Waals surface area contributed by atoms with E-state index in [2.05, 4.69) is 0 Å². The fourth-order valence-electron chi connectivity index (χ4n) is 5.46. The van der Waals surface area contributed by atoms with E-state index < -0.39 is 27.8 Å². The minimum absolute atomic E-state index is 0.129. The first-order valence-corrected chi connectivity index (χ1v) is 14.1. The Balaban J connectivity index is 1.42. The molecule has 0 aromatic heterocycles. The molecule has 1 amide bonds. The summed E-state index contributed by atoms with van der Waals surface area (Å²) in [5.74, 6) is 0.454. The number of ether oxygens (including phenoxy) is 2. The normalized spacial score (nSPS) is 30.2. The molecule has 2 saturated carbocycles. The molecule has 0 spiro atoms. The zero-order chi connectivity index (χ0) is 24.1. The summed E-state index contributed by atoms with van der Waals surface area (Å²) < 4.78 is 41.8. The van der Waals surface area contributed by atoms with Gasteiger partial charge >= 0.3 is 6.09 Å². The molecule has 1 aromatic rings. The van der Waals surface area contributed by atoms with Crippen molar-refractivity contribution in [2.75, 3.05) is 26.3 Å². The molecular formula is C24H33ClN2O6S. The van der Waals surface area contributed by atoms with Crippen LogP contribution in [-0.2, 0) is 19.5 Å². The molecule has 2 heterocycles. The van der Waals surface area contributed by atoms with Crippen molar-refractivity contribution in [2.45, 2.75) is 74.1 Å². The first-order chi connectivity index (χ1) is 16.2. The number of hydrogen-bond acceptors (Lipinski definition) is 6. The van der Waals surface area contributed by atoms with E-state index in [9.17, 15) is 18.3 Å². The summed E-state index contributed by atoms with van der Waals surface area (Å²) in [6.45, 7) is 3.33. The van der Waals surface area contributed by atoms with Gasteiger partial charge in [-0.15, -0.1) is 0 Å². The minimum Gasteiger partial charge on any atom is -0.441 e. The Morgan fingerprint density at radius 2 is 1.82 bits per heavy atom. The molecule has 0 bridgehead atoms. The molecule has 1 N–H and O–H groups in total. The highest BCUT2D eigenvalue weighted by Gasteiger charge is 2.63. The second-order valence-corrected chi connectivity index (χ2v) is 12.5. The summed E-state index contributed by atoms with van der Waals surface area (Å²) in [4.78, 5) is 14.9. The number of amides is 1. The molecule has 3 atom stereocenters. The molecule has 8 nitrogen and oxygen atoms in total. The van der Waals surface area contributed by atoms with Crippen LogP contribution in [0.2, 0.25) is 5.02 Å². The van der Waals surface area contributed by atoms with Crippen LogP contribution < -0.4 is 0 Å². The van der Waals surface area contributed by atoms with Crippen LogP contribution in [-0.4, -0.2) is 78.9 Å². The Morgan fingerprint density at radius 1 is 1.18 bits per heavy atom. The summed E-state index contributed by atoms with van der Waals surface area (Å²) in [7, 11) is -3.87. The second kappa shape index (κ2) is 9.24. The van der Waals surface area contributed by atoms with Crippen LogP contribution in [0.5, 0.6) is 0 Å². The average molecular weight is 513 g/mol. The summed E-state index contributed by atoms with van der Waals surface area (Å²) in [5, 5.41) is 9.85. The molecule has 2 aliphatic heterocycles. The molecule has 4 fully saturated rings. The summed E-state index contributed by atoms with van der Waals surface area (Å²) in [6.07, 6.45) is 3.98. The number of sulfonamides is 1. The zero-order valence-corrected chi connectivity index (χ0v) is 21.0. The fourth-order valence-corrected chi connectivity index (χ4v) is 7.56. The number of aliphatic hydroxyl groups excluding tert-OH is 1. The van der Waals surface area contributed by atoms with Crippen molar-refractivity contribution >= 4 is 27.7 Å². The number of aliphatic hydroxyl groups is 1. The van der Waals surface area contributed by atoms with Gasteiger partial charge in [-0.2, -0.15) is 4.31 Å². The molecule has 0 unspecified atom stereocenters. The van der Waals surface area contributed by atoms with Crippen LogP contribution in [0.25, 0.3) is 0 Å². The predicted octanol–water partition coefficient (Wildman–Crippen LogP) is 3.27. The number of halogens is 1. The standard InChI is InChI=1S/C24H33ClN2O6S/c1-16-22(18-2-3-18)27(34(30,31)20-6-4-19(25)5-7-20)21(15-32-16)24(10-11-24)33-23(29)26-12-8-17(14-28)9-13-26/h4-7,16-18,21-22,28H,2-3,8-15H2,1H3/t16-,21+,22-/m0/s1. The first kappa shape index (κ1) is 24.3. The third kappa shape index (κ3) is 4.57. The average Bonchev–Trinajstić information content (AvgIpc) is 3.75. The molecule has 188 valence electrons. The van der Waals surface area contributed by atoms with Gasteiger partial charge in [0.05, 0.1) is 29.7 Å². The Kier molecular flexibility index (Phi) is 6.61. The lowest BCUT2D eigenvalue weighted by atomic mass is 9.98. The van der Waals surface area contributed by atoms with Crippen LogP contribution in [0, 0.1) is 11.8 Å². The maximum absolute atomic E-state index is 14.0. The van der Waals surface area contributed by atoms with Crippen LogP contribution in [0.3, 0.4) is 0 Å². The van der Waals surface area contributed by atoms with E-state index in [1.807, 2.05) is 6.92 Å². The highest BCUT2D eigenvalue weighted by molar-refractivity contribution is 7.89. The second-order valence-electron chi connectivity index (χ2n) is 10.2. The molecule has 2 aliphatic carbocycles. The van der Waals surface area contributed by atoms with E-state index in [0.717, 1.165) is 25.7 Å². The van der Waals surface area contributed by atoms with Crippen molar-refractivity contribution in [2.24, 2.45) is 11.8 Å². The number of benzene rings is 1. The highest BCUT2D eigenvalue weighted by Crippen LogP contribution is 2.51. The van der Waals surface area contributed by atoms with Gasteiger partial charge in [0, 0.05) is 24.7 Å². The van der Waals surface area contributed by atoms with Crippen molar-refractivity contribution in [3.63, 3.8) is 0 Å². The molecule has 2 saturated heterocycles. The molecule has 0 radical (unpaired) electrons. The van der Waals surface area contributed by atoms with Gasteiger partial charge in [-0.05, 0) is 81.5 Å². The number of morpholine rings is 1. The smallest absolute Gasteiger partial charge is 0.410 e. The van der Waals surface area contributed by atoms with Gasteiger partial charge in [-0.1, -0.05) is 11.6 Å². The first-order valence-electron chi connectivity index (χ1n) is 12.2. The number of carbonyl (C=O) groups excluding carboxylic acids is 1. The van der Waals surface area contributed by atoms with Gasteiger partial charge in [0.1, 0.15) is 5.60 Å². The number of hydrogen-bond donors (Lipinski definition) is 1. The lowest BCUT2D eigenvalue weighted by molar-refractivity contribution is -0.109. The van der Waals surface area contributed by atoms with Crippen molar-refractivity contribution < 1.29 is 27.8 Å². The summed E-state index contributed by atoms with van der Waals surface area (Å²) >= 11 is 6.02. The number of carbonyl (C=O) groups is 1. The predicted molar refractivity (Wildman–Crippen MR) is 126 cm³/mol. The fraction of sp³-hybridized carbons (Fsp3) is 0.708. The van der Waals surface area contributed by atoms with E-state index in [1.165, 1.54) is 12.1 Å². The maximum atomic E-state index is 14.0. The minimum atomic E-state index is -3.87. The zero-order valence-electron chi connectivity index (χ0n) is 19.4. The van der Waals surface area contributed by atoms with Crippen LogP contribution in [0.1, 0.15) is 45.4 Å². The Morgan fingerprint density at radius 3 is 2.38 bits per heavy atom. The third-order valence-electron chi connectivity index (χ3n) is 7.86. The van der Waals surface area contributed by atoms with Crippen molar-refractivity contribution in [1.82, 2.24) is 9.21 Å². The molecule has 34 heavy (non-hydrogen) atoms. The lowest BCUT2D eigenvalue weighted by Crippen LogP contribution is -2.64. The van der Waals surface area contributed by atoms with Crippen molar-refractivity contribution in [3.8, 4) is 0 Å². The largest absolute Gasteiger partial charge is 0.441 e. The Hall–Kier alpha value is -1.39. The van der Waals surface area contributed by atoms with Gasteiger partial charge in [-0.3, -0.25) is 0 Å². The Labute approximate surface area is 206 Å². The van der Waals surface area contributed by atoms with Crippen LogP contribution >= 0.6 is 11.6 Å². The van der Waals surface area contributed by atoms with Gasteiger partial charge in [-0.25, -0.2) is 13.2 Å². The van der Waals surface area contributed by atoms with Gasteiger partial charge in [0.25, 0.3) is 0 Å². The van der Waals surface area contributed by atoms with Crippen LogP contribution in [0.15, 0.2) is 29.2 Å². The number of rotatable bonds is 6. The van der Waals surface area contributed by atoms with E-state index in [-0.39, 0.29) is 42.1 Å². The summed E-state index contributed by atoms with van der Waals surface area (Å²) in [5.41, 5.74) is -0.877. The molecule has 5 rings (SSSR count). The SMILES string of the molecule is C[C@@H]1OC[C@H](C2(OC(=O)N3CCC(CO)CC3)CC2)N(S(=O)(=O)c2ccc(Cl)cc2)[C@@H]1C1CC1. The lowest BCUT2D eigenvalue weighted by Gasteiger charge is -2.47. The van der Waals surface area contributed by atoms with Crippen molar-refractivity contribution in [3.05, 3.63) is 29.3 Å². The van der Waals surface area contributed by atoms with Gasteiger partial charge < -0.3 is 19.5 Å². The quantitative estimate of drug-likeness (QED) is 0.628. The third-order valence-corrected chi connectivity index (χ3v) is 10.0. The molecular weight excluding hydrogens is 480 g/mol. The van der Waals surface area contributed by atoms with Crippen LogP contribution in [0.4, 0.5) is 4.79 Å². The Bertz CT molecular complexity index is 1000. The summed E-state index contributed by atoms with van der Waals surface area (Å²) in [6, 6.07) is 5.38. The monoisotopic (exact) mass is 512 g/mol. The van der Waals surface area contributed by atoms with E-state index in [0.29, 0.717) is 31.0 Å². The molecule has 1 aromatic carbocycles. The number of nitrogens with zero attached hydrogens (tertiary/aromatic N) is 2. The van der Waals surface area contributed by atoms with Gasteiger partial charge in [0.15, 0.2) is 0 Å². The van der Waals surface area contributed by atoms with Gasteiger partial charge in [0.2, 0.25) is 10.0 Å². The van der Waals surface area contributed by atoms with Crippen molar-refractivity contribution in [1.29, 1.82) is 0 Å². The van der Waals surface area contributed by atoms with E-state index in [4.69, 9.17) is 21.1 Å².